The van der Waals surface area contributed by atoms with Crippen LogP contribution in [0.1, 0.15) is 15.4 Å². The monoisotopic (exact) mass is 340 g/mol. The molecule has 0 aliphatic carbocycles. The van der Waals surface area contributed by atoms with Gasteiger partial charge < -0.3 is 5.32 Å². The molecule has 3 aromatic rings. The lowest BCUT2D eigenvalue weighted by Crippen LogP contribution is -2.14. The number of aromatic nitrogens is 1. The quantitative estimate of drug-likeness (QED) is 0.745. The van der Waals surface area contributed by atoms with Crippen LogP contribution >= 0.6 is 11.3 Å². The van der Waals surface area contributed by atoms with E-state index in [1.54, 1.807) is 12.1 Å². The molecule has 2 aromatic carbocycles. The molecule has 3 rings (SSSR count). The van der Waals surface area contributed by atoms with Crippen molar-refractivity contribution < 1.29 is 9.18 Å². The van der Waals surface area contributed by atoms with Crippen LogP contribution in [0.25, 0.3) is 11.3 Å². The van der Waals surface area contributed by atoms with Gasteiger partial charge in [-0.05, 0) is 49.7 Å². The number of amides is 1. The first-order chi connectivity index (χ1) is 11.5. The zero-order chi connectivity index (χ0) is 17.1. The van der Waals surface area contributed by atoms with Crippen LogP contribution in [-0.4, -0.2) is 10.9 Å². The highest BCUT2D eigenvalue weighted by atomic mass is 32.1. The summed E-state index contributed by atoms with van der Waals surface area (Å²) in [5.74, 6) is -0.374. The summed E-state index contributed by atoms with van der Waals surface area (Å²) in [5, 5.41) is 3.82. The first kappa shape index (κ1) is 16.3. The Hall–Kier alpha value is -2.53. The molecule has 0 unspecified atom stereocenters. The lowest BCUT2D eigenvalue weighted by molar-refractivity contribution is -0.115. The van der Waals surface area contributed by atoms with Crippen molar-refractivity contribution in [2.75, 3.05) is 5.32 Å². The Kier molecular flexibility index (Phi) is 4.71. The van der Waals surface area contributed by atoms with E-state index in [1.807, 2.05) is 38.1 Å². The third-order valence-corrected chi connectivity index (χ3v) is 4.63. The number of benzene rings is 2. The predicted octanol–water partition coefficient (Wildman–Crippen LogP) is 4.75. The summed E-state index contributed by atoms with van der Waals surface area (Å²) in [5.41, 5.74) is 3.40. The number of hydrogen-bond donors (Lipinski definition) is 1. The summed E-state index contributed by atoms with van der Waals surface area (Å²) in [6, 6.07) is 13.8. The average Bonchev–Trinajstić information content (AvgIpc) is 2.90. The highest BCUT2D eigenvalue weighted by Gasteiger charge is 2.15. The van der Waals surface area contributed by atoms with Crippen molar-refractivity contribution in [3.63, 3.8) is 0 Å². The second-order valence-corrected chi connectivity index (χ2v) is 6.84. The van der Waals surface area contributed by atoms with Crippen molar-refractivity contribution in [2.24, 2.45) is 0 Å². The van der Waals surface area contributed by atoms with Gasteiger partial charge in [-0.2, -0.15) is 0 Å². The standard InChI is InChI=1S/C19H17FN2OS/c1-12-5-3-4-6-16(12)22-18(23)11-17-19(21-13(2)24-17)14-7-9-15(20)10-8-14/h3-10H,11H2,1-2H3,(H,22,23). The Morgan fingerprint density at radius 2 is 1.83 bits per heavy atom. The van der Waals surface area contributed by atoms with E-state index in [1.165, 1.54) is 23.5 Å². The Balaban J connectivity index is 1.81. The van der Waals surface area contributed by atoms with Crippen LogP contribution < -0.4 is 5.32 Å². The van der Waals surface area contributed by atoms with Gasteiger partial charge in [0.05, 0.1) is 17.1 Å². The summed E-state index contributed by atoms with van der Waals surface area (Å²) in [4.78, 5) is 17.8. The Bertz CT molecular complexity index is 871. The Morgan fingerprint density at radius 1 is 1.12 bits per heavy atom. The number of rotatable bonds is 4. The maximum atomic E-state index is 13.1. The highest BCUT2D eigenvalue weighted by molar-refractivity contribution is 7.12. The van der Waals surface area contributed by atoms with Gasteiger partial charge in [-0.1, -0.05) is 18.2 Å². The van der Waals surface area contributed by atoms with Gasteiger partial charge in [0.25, 0.3) is 0 Å². The van der Waals surface area contributed by atoms with E-state index < -0.39 is 0 Å². The molecule has 0 fully saturated rings. The van der Waals surface area contributed by atoms with Crippen LogP contribution in [0.15, 0.2) is 48.5 Å². The second-order valence-electron chi connectivity index (χ2n) is 5.55. The highest BCUT2D eigenvalue weighted by Crippen LogP contribution is 2.29. The van der Waals surface area contributed by atoms with Gasteiger partial charge >= 0.3 is 0 Å². The number of carbonyl (C=O) groups excluding carboxylic acids is 1. The van der Waals surface area contributed by atoms with E-state index in [-0.39, 0.29) is 18.1 Å². The number of para-hydroxylation sites is 1. The molecule has 1 heterocycles. The van der Waals surface area contributed by atoms with Crippen LogP contribution in [0.5, 0.6) is 0 Å². The first-order valence-electron chi connectivity index (χ1n) is 7.60. The smallest absolute Gasteiger partial charge is 0.229 e. The van der Waals surface area contributed by atoms with Crippen molar-refractivity contribution in [2.45, 2.75) is 20.3 Å². The number of nitrogens with one attached hydrogen (secondary N) is 1. The summed E-state index contributed by atoms with van der Waals surface area (Å²) >= 11 is 1.49. The third-order valence-electron chi connectivity index (χ3n) is 3.66. The topological polar surface area (TPSA) is 42.0 Å². The van der Waals surface area contributed by atoms with Crippen molar-refractivity contribution in [1.82, 2.24) is 4.98 Å². The van der Waals surface area contributed by atoms with Gasteiger partial charge in [-0.3, -0.25) is 4.79 Å². The van der Waals surface area contributed by atoms with Crippen LogP contribution in [0.4, 0.5) is 10.1 Å². The van der Waals surface area contributed by atoms with Gasteiger partial charge in [0.2, 0.25) is 5.91 Å². The summed E-state index contributed by atoms with van der Waals surface area (Å²) in [6.07, 6.45) is 0.243. The fourth-order valence-electron chi connectivity index (χ4n) is 2.48. The van der Waals surface area contributed by atoms with Crippen molar-refractivity contribution in [3.05, 3.63) is 69.8 Å². The van der Waals surface area contributed by atoms with Crippen LogP contribution in [0.3, 0.4) is 0 Å². The molecular weight excluding hydrogens is 323 g/mol. The molecule has 122 valence electrons. The van der Waals surface area contributed by atoms with Crippen molar-refractivity contribution >= 4 is 22.9 Å². The minimum Gasteiger partial charge on any atom is -0.326 e. The molecule has 24 heavy (non-hydrogen) atoms. The number of halogens is 1. The number of thiazole rings is 1. The molecule has 0 spiro atoms. The Labute approximate surface area is 144 Å². The number of nitrogens with zero attached hydrogens (tertiary/aromatic N) is 1. The molecule has 1 aromatic heterocycles. The number of aryl methyl sites for hydroxylation is 2. The van der Waals surface area contributed by atoms with Gasteiger partial charge in [-0.25, -0.2) is 9.37 Å². The van der Waals surface area contributed by atoms with Gasteiger partial charge in [0, 0.05) is 16.1 Å². The normalized spacial score (nSPS) is 10.6. The summed E-state index contributed by atoms with van der Waals surface area (Å²) in [7, 11) is 0. The van der Waals surface area contributed by atoms with Crippen molar-refractivity contribution in [3.8, 4) is 11.3 Å². The molecule has 5 heteroatoms. The molecule has 1 amide bonds. The van der Waals surface area contributed by atoms with E-state index >= 15 is 0 Å². The molecule has 0 aliphatic rings. The maximum Gasteiger partial charge on any atom is 0.229 e. The van der Waals surface area contributed by atoms with Gasteiger partial charge in [-0.15, -0.1) is 11.3 Å². The average molecular weight is 340 g/mol. The molecule has 0 aliphatic heterocycles. The van der Waals surface area contributed by atoms with E-state index in [0.717, 1.165) is 32.4 Å². The molecule has 0 bridgehead atoms. The lowest BCUT2D eigenvalue weighted by Gasteiger charge is -2.08. The second kappa shape index (κ2) is 6.93. The zero-order valence-corrected chi connectivity index (χ0v) is 14.3. The predicted molar refractivity (Wildman–Crippen MR) is 95.8 cm³/mol. The molecule has 0 radical (unpaired) electrons. The number of carbonyl (C=O) groups is 1. The minimum atomic E-state index is -0.287. The van der Waals surface area contributed by atoms with Gasteiger partial charge in [0.15, 0.2) is 0 Å². The fraction of sp³-hybridized carbons (Fsp3) is 0.158. The lowest BCUT2D eigenvalue weighted by atomic mass is 10.1. The molecule has 0 atom stereocenters. The molecule has 0 saturated carbocycles. The number of anilines is 1. The minimum absolute atomic E-state index is 0.0867. The van der Waals surface area contributed by atoms with E-state index in [9.17, 15) is 9.18 Å². The van der Waals surface area contributed by atoms with E-state index in [0.29, 0.717) is 0 Å². The Morgan fingerprint density at radius 3 is 2.54 bits per heavy atom. The zero-order valence-electron chi connectivity index (χ0n) is 13.5. The van der Waals surface area contributed by atoms with Crippen LogP contribution in [0, 0.1) is 19.7 Å². The fourth-order valence-corrected chi connectivity index (χ4v) is 3.43. The molecular formula is C19H17FN2OS. The maximum absolute atomic E-state index is 13.1. The van der Waals surface area contributed by atoms with Gasteiger partial charge in [0.1, 0.15) is 5.82 Å². The molecule has 0 saturated heterocycles. The first-order valence-corrected chi connectivity index (χ1v) is 8.42. The SMILES string of the molecule is Cc1nc(-c2ccc(F)cc2)c(CC(=O)Nc2ccccc2C)s1. The molecule has 3 nitrogen and oxygen atoms in total. The molecule has 1 N–H and O–H groups in total. The third kappa shape index (κ3) is 3.68. The summed E-state index contributed by atoms with van der Waals surface area (Å²) < 4.78 is 13.1. The van der Waals surface area contributed by atoms with Crippen molar-refractivity contribution in [1.29, 1.82) is 0 Å². The van der Waals surface area contributed by atoms with Crippen LogP contribution in [-0.2, 0) is 11.2 Å². The largest absolute Gasteiger partial charge is 0.326 e. The number of hydrogen-bond acceptors (Lipinski definition) is 3. The van der Waals surface area contributed by atoms with E-state index in [2.05, 4.69) is 10.3 Å². The van der Waals surface area contributed by atoms with Crippen LogP contribution in [0.2, 0.25) is 0 Å². The summed E-state index contributed by atoms with van der Waals surface area (Å²) in [6.45, 7) is 3.86. The van der Waals surface area contributed by atoms with E-state index in [4.69, 9.17) is 0 Å².